The Morgan fingerprint density at radius 3 is 2.45 bits per heavy atom. The molecule has 33 heavy (non-hydrogen) atoms. The number of benzene rings is 3. The fourth-order valence-electron chi connectivity index (χ4n) is 3.32. The summed E-state index contributed by atoms with van der Waals surface area (Å²) < 4.78 is 5.80. The lowest BCUT2D eigenvalue weighted by Crippen LogP contribution is -2.22. The number of fused-ring (bicyclic) bond motifs is 1. The van der Waals surface area contributed by atoms with Gasteiger partial charge in [-0.05, 0) is 54.4 Å². The molecule has 0 atom stereocenters. The molecule has 0 aliphatic rings. The molecule has 4 rings (SSSR count). The molecule has 3 aromatic carbocycles. The lowest BCUT2D eigenvalue weighted by Gasteiger charge is -2.13. The normalized spacial score (nSPS) is 10.7. The molecule has 4 aromatic rings. The first-order valence-electron chi connectivity index (χ1n) is 10.4. The Bertz CT molecular complexity index is 1270. The summed E-state index contributed by atoms with van der Waals surface area (Å²) in [6, 6.07) is 19.5. The lowest BCUT2D eigenvalue weighted by atomic mass is 10.1. The van der Waals surface area contributed by atoms with Crippen molar-refractivity contribution in [3.63, 3.8) is 0 Å². The number of hydrogen-bond acceptors (Lipinski definition) is 6. The van der Waals surface area contributed by atoms with Crippen LogP contribution in [0.4, 0.5) is 5.69 Å². The summed E-state index contributed by atoms with van der Waals surface area (Å²) in [5, 5.41) is 23.6. The van der Waals surface area contributed by atoms with Crippen LogP contribution < -0.4 is 15.4 Å². The predicted octanol–water partition coefficient (Wildman–Crippen LogP) is 2.33. The van der Waals surface area contributed by atoms with E-state index in [1.54, 1.807) is 37.4 Å². The van der Waals surface area contributed by atoms with Gasteiger partial charge in [0.2, 0.25) is 0 Å². The van der Waals surface area contributed by atoms with Crippen LogP contribution >= 0.6 is 0 Å². The Hall–Kier alpha value is -4.24. The van der Waals surface area contributed by atoms with Gasteiger partial charge in [-0.2, -0.15) is 0 Å². The van der Waals surface area contributed by atoms with Gasteiger partial charge < -0.3 is 20.5 Å². The highest BCUT2D eigenvalue weighted by atomic mass is 16.5. The molecule has 0 radical (unpaired) electrons. The minimum atomic E-state index is -0.381. The van der Waals surface area contributed by atoms with Crippen LogP contribution in [0.1, 0.15) is 15.9 Å². The third-order valence-corrected chi connectivity index (χ3v) is 4.92. The van der Waals surface area contributed by atoms with Crippen LogP contribution in [0.15, 0.2) is 66.7 Å². The molecule has 2 amide bonds. The van der Waals surface area contributed by atoms with E-state index in [9.17, 15) is 14.7 Å². The molecule has 0 fully saturated rings. The third-order valence-electron chi connectivity index (χ3n) is 4.92. The summed E-state index contributed by atoms with van der Waals surface area (Å²) in [6.07, 6.45) is 0.468. The van der Waals surface area contributed by atoms with Crippen molar-refractivity contribution in [3.8, 4) is 11.4 Å². The van der Waals surface area contributed by atoms with E-state index in [0.717, 1.165) is 16.6 Å². The molecular weight excluding hydrogens is 422 g/mol. The number of rotatable bonds is 8. The van der Waals surface area contributed by atoms with E-state index >= 15 is 0 Å². The molecule has 9 heteroatoms. The van der Waals surface area contributed by atoms with E-state index in [4.69, 9.17) is 4.74 Å². The van der Waals surface area contributed by atoms with Gasteiger partial charge in [0.1, 0.15) is 22.5 Å². The Labute approximate surface area is 190 Å². The van der Waals surface area contributed by atoms with Crippen molar-refractivity contribution in [1.82, 2.24) is 20.3 Å². The molecule has 0 aliphatic heterocycles. The topological polar surface area (TPSA) is 118 Å². The van der Waals surface area contributed by atoms with Crippen molar-refractivity contribution in [2.45, 2.75) is 6.42 Å². The van der Waals surface area contributed by atoms with Crippen molar-refractivity contribution in [1.29, 1.82) is 0 Å². The number of anilines is 1. The SMILES string of the molecule is CNC(=O)c1cccc(NC(=O)COc2ccc(CCO)cc2-n2nc3ccccc3n2)c1. The molecule has 0 bridgehead atoms. The summed E-state index contributed by atoms with van der Waals surface area (Å²) in [4.78, 5) is 25.7. The van der Waals surface area contributed by atoms with Crippen LogP contribution in [0.3, 0.4) is 0 Å². The Morgan fingerprint density at radius 1 is 1.00 bits per heavy atom. The van der Waals surface area contributed by atoms with E-state index in [0.29, 0.717) is 29.1 Å². The first-order valence-corrected chi connectivity index (χ1v) is 10.4. The fraction of sp³-hybridized carbons (Fsp3) is 0.167. The van der Waals surface area contributed by atoms with Gasteiger partial charge in [-0.1, -0.05) is 24.3 Å². The van der Waals surface area contributed by atoms with Gasteiger partial charge in [0.15, 0.2) is 6.61 Å². The molecule has 1 heterocycles. The van der Waals surface area contributed by atoms with Crippen molar-refractivity contribution >= 4 is 28.5 Å². The van der Waals surface area contributed by atoms with Gasteiger partial charge >= 0.3 is 0 Å². The molecule has 3 N–H and O–H groups in total. The predicted molar refractivity (Wildman–Crippen MR) is 124 cm³/mol. The highest BCUT2D eigenvalue weighted by molar-refractivity contribution is 5.97. The average Bonchev–Trinajstić information content (AvgIpc) is 3.27. The summed E-state index contributed by atoms with van der Waals surface area (Å²) >= 11 is 0. The number of aliphatic hydroxyl groups is 1. The number of aliphatic hydroxyl groups excluding tert-OH is 1. The number of amides is 2. The van der Waals surface area contributed by atoms with Crippen LogP contribution in [-0.2, 0) is 11.2 Å². The second-order valence-corrected chi connectivity index (χ2v) is 7.25. The molecule has 0 unspecified atom stereocenters. The van der Waals surface area contributed by atoms with Gasteiger partial charge in [0, 0.05) is 24.9 Å². The maximum atomic E-state index is 12.5. The third kappa shape index (κ3) is 5.16. The zero-order chi connectivity index (χ0) is 23.2. The first kappa shape index (κ1) is 22.0. The number of ether oxygens (including phenoxy) is 1. The minimum Gasteiger partial charge on any atom is -0.481 e. The van der Waals surface area contributed by atoms with Gasteiger partial charge in [-0.3, -0.25) is 9.59 Å². The van der Waals surface area contributed by atoms with Gasteiger partial charge in [0.25, 0.3) is 11.8 Å². The summed E-state index contributed by atoms with van der Waals surface area (Å²) in [5.74, 6) is -0.201. The van der Waals surface area contributed by atoms with E-state index in [2.05, 4.69) is 20.8 Å². The number of carbonyl (C=O) groups excluding carboxylic acids is 2. The standard InChI is InChI=1S/C24H23N5O4/c1-25-24(32)17-5-4-6-18(14-17)26-23(31)15-33-22-10-9-16(11-12-30)13-21(22)29-27-19-7-2-3-8-20(19)28-29/h2-10,13-14,30H,11-12,15H2,1H3,(H,25,32)(H,26,31). The van der Waals surface area contributed by atoms with Crippen molar-refractivity contribution in [2.24, 2.45) is 0 Å². The first-order chi connectivity index (χ1) is 16.1. The highest BCUT2D eigenvalue weighted by Crippen LogP contribution is 2.25. The molecular formula is C24H23N5O4. The quantitative estimate of drug-likeness (QED) is 0.383. The smallest absolute Gasteiger partial charge is 0.262 e. The van der Waals surface area contributed by atoms with E-state index in [1.165, 1.54) is 4.80 Å². The van der Waals surface area contributed by atoms with E-state index < -0.39 is 0 Å². The van der Waals surface area contributed by atoms with Crippen LogP contribution in [-0.4, -0.2) is 52.2 Å². The Kier molecular flexibility index (Phi) is 6.61. The van der Waals surface area contributed by atoms with E-state index in [1.807, 2.05) is 36.4 Å². The van der Waals surface area contributed by atoms with Crippen molar-refractivity contribution in [2.75, 3.05) is 25.6 Å². The maximum absolute atomic E-state index is 12.5. The number of carbonyl (C=O) groups is 2. The van der Waals surface area contributed by atoms with Crippen LogP contribution in [0.25, 0.3) is 16.7 Å². The molecule has 0 saturated heterocycles. The molecule has 0 saturated carbocycles. The molecule has 9 nitrogen and oxygen atoms in total. The second kappa shape index (κ2) is 9.92. The molecule has 0 aliphatic carbocycles. The maximum Gasteiger partial charge on any atom is 0.262 e. The Morgan fingerprint density at radius 2 is 1.76 bits per heavy atom. The molecule has 0 spiro atoms. The summed E-state index contributed by atoms with van der Waals surface area (Å²) in [6.45, 7) is -0.247. The zero-order valence-electron chi connectivity index (χ0n) is 18.0. The zero-order valence-corrected chi connectivity index (χ0v) is 18.0. The van der Waals surface area contributed by atoms with Gasteiger partial charge in [-0.25, -0.2) is 0 Å². The molecule has 168 valence electrons. The summed E-state index contributed by atoms with van der Waals surface area (Å²) in [5.41, 5.74) is 3.83. The van der Waals surface area contributed by atoms with Crippen LogP contribution in [0, 0.1) is 0 Å². The largest absolute Gasteiger partial charge is 0.481 e. The van der Waals surface area contributed by atoms with Crippen LogP contribution in [0.5, 0.6) is 5.75 Å². The van der Waals surface area contributed by atoms with E-state index in [-0.39, 0.29) is 25.0 Å². The number of aromatic nitrogens is 3. The number of nitrogens with zero attached hydrogens (tertiary/aromatic N) is 3. The molecule has 1 aromatic heterocycles. The second-order valence-electron chi connectivity index (χ2n) is 7.25. The van der Waals surface area contributed by atoms with Gasteiger partial charge in [0.05, 0.1) is 0 Å². The number of hydrogen-bond donors (Lipinski definition) is 3. The minimum absolute atomic E-state index is 0.00563. The van der Waals surface area contributed by atoms with Crippen LogP contribution in [0.2, 0.25) is 0 Å². The van der Waals surface area contributed by atoms with Crippen molar-refractivity contribution in [3.05, 3.63) is 77.9 Å². The average molecular weight is 445 g/mol. The summed E-state index contributed by atoms with van der Waals surface area (Å²) in [7, 11) is 1.54. The van der Waals surface area contributed by atoms with Gasteiger partial charge in [-0.15, -0.1) is 15.0 Å². The lowest BCUT2D eigenvalue weighted by molar-refractivity contribution is -0.118. The monoisotopic (exact) mass is 445 g/mol. The Balaban J connectivity index is 1.53. The number of nitrogens with one attached hydrogen (secondary N) is 2. The highest BCUT2D eigenvalue weighted by Gasteiger charge is 2.14. The van der Waals surface area contributed by atoms with Crippen molar-refractivity contribution < 1.29 is 19.4 Å². The fourth-order valence-corrected chi connectivity index (χ4v) is 3.32.